The normalized spacial score (nSPS) is 10.2. The van der Waals surface area contributed by atoms with Gasteiger partial charge in [-0.2, -0.15) is 0 Å². The van der Waals surface area contributed by atoms with Gasteiger partial charge in [-0.15, -0.1) is 0 Å². The molecule has 0 fully saturated rings. The summed E-state index contributed by atoms with van der Waals surface area (Å²) < 4.78 is 1.69. The molecular weight excluding hydrogens is 116 g/mol. The molecule has 0 unspecified atom stereocenters. The molecule has 0 bridgehead atoms. The van der Waals surface area contributed by atoms with E-state index < -0.39 is 0 Å². The van der Waals surface area contributed by atoms with E-state index >= 15 is 0 Å². The van der Waals surface area contributed by atoms with Crippen LogP contribution in [0.15, 0.2) is 24.8 Å². The van der Waals surface area contributed by atoms with E-state index in [4.69, 9.17) is 0 Å². The first-order valence-electron chi connectivity index (χ1n) is 2.53. The topological polar surface area (TPSA) is 34.9 Å². The molecule has 0 aromatic carbocycles. The Labute approximate surface area is 52.6 Å². The Kier molecular flexibility index (Phi) is 1.80. The fourth-order valence-electron chi connectivity index (χ4n) is 0.492. The molecule has 3 nitrogen and oxygen atoms in total. The second-order valence-corrected chi connectivity index (χ2v) is 1.49. The maximum atomic E-state index is 9.78. The molecule has 0 amide bonds. The SMILES string of the molecule is O=C/C=C\n1ccnc1. The molecule has 0 aliphatic heterocycles. The van der Waals surface area contributed by atoms with Gasteiger partial charge < -0.3 is 4.57 Å². The highest BCUT2D eigenvalue weighted by Gasteiger charge is 1.76. The van der Waals surface area contributed by atoms with Crippen LogP contribution in [0.2, 0.25) is 0 Å². The van der Waals surface area contributed by atoms with Crippen molar-refractivity contribution in [1.82, 2.24) is 9.55 Å². The van der Waals surface area contributed by atoms with Gasteiger partial charge in [-0.3, -0.25) is 4.79 Å². The quantitative estimate of drug-likeness (QED) is 0.424. The molecule has 0 saturated heterocycles. The van der Waals surface area contributed by atoms with Gasteiger partial charge in [-0.05, 0) is 6.08 Å². The molecule has 0 radical (unpaired) electrons. The summed E-state index contributed by atoms with van der Waals surface area (Å²) in [5, 5.41) is 0. The van der Waals surface area contributed by atoms with Crippen LogP contribution < -0.4 is 0 Å². The monoisotopic (exact) mass is 122 g/mol. The summed E-state index contributed by atoms with van der Waals surface area (Å²) in [5.41, 5.74) is 0. The second kappa shape index (κ2) is 2.81. The van der Waals surface area contributed by atoms with Crippen molar-refractivity contribution in [2.75, 3.05) is 0 Å². The third-order valence-corrected chi connectivity index (χ3v) is 0.862. The molecule has 0 aliphatic carbocycles. The average Bonchev–Trinajstić information content (AvgIpc) is 2.34. The van der Waals surface area contributed by atoms with Gasteiger partial charge in [0.2, 0.25) is 0 Å². The van der Waals surface area contributed by atoms with Crippen molar-refractivity contribution in [2.45, 2.75) is 0 Å². The minimum Gasteiger partial charge on any atom is -0.313 e. The van der Waals surface area contributed by atoms with Gasteiger partial charge in [0.25, 0.3) is 0 Å². The van der Waals surface area contributed by atoms with E-state index in [1.807, 2.05) is 0 Å². The number of aldehydes is 1. The molecule has 1 aromatic rings. The van der Waals surface area contributed by atoms with Crippen LogP contribution in [0.4, 0.5) is 0 Å². The molecule has 0 atom stereocenters. The van der Waals surface area contributed by atoms with E-state index in [9.17, 15) is 4.79 Å². The van der Waals surface area contributed by atoms with Crippen molar-refractivity contribution >= 4 is 12.5 Å². The summed E-state index contributed by atoms with van der Waals surface area (Å²) in [6, 6.07) is 0. The fourth-order valence-corrected chi connectivity index (χ4v) is 0.492. The van der Waals surface area contributed by atoms with Crippen LogP contribution in [0.1, 0.15) is 0 Å². The molecule has 3 heteroatoms. The predicted molar refractivity (Wildman–Crippen MR) is 33.6 cm³/mol. The first-order chi connectivity index (χ1) is 4.43. The zero-order valence-corrected chi connectivity index (χ0v) is 4.77. The molecular formula is C6H6N2O. The lowest BCUT2D eigenvalue weighted by Crippen LogP contribution is -1.77. The van der Waals surface area contributed by atoms with Crippen LogP contribution in [-0.2, 0) is 4.79 Å². The highest BCUT2D eigenvalue weighted by Crippen LogP contribution is 1.84. The molecule has 1 aromatic heterocycles. The summed E-state index contributed by atoms with van der Waals surface area (Å²) in [6.45, 7) is 0. The van der Waals surface area contributed by atoms with Gasteiger partial charge in [0.05, 0.1) is 6.33 Å². The lowest BCUT2D eigenvalue weighted by Gasteiger charge is -1.83. The number of imidazole rings is 1. The van der Waals surface area contributed by atoms with Crippen molar-refractivity contribution in [1.29, 1.82) is 0 Å². The van der Waals surface area contributed by atoms with Crippen LogP contribution in [0, 0.1) is 0 Å². The van der Waals surface area contributed by atoms with Crippen molar-refractivity contribution in [2.24, 2.45) is 0 Å². The Morgan fingerprint density at radius 1 is 1.56 bits per heavy atom. The van der Waals surface area contributed by atoms with E-state index in [1.165, 1.54) is 6.08 Å². The first-order valence-corrected chi connectivity index (χ1v) is 2.53. The second-order valence-electron chi connectivity index (χ2n) is 1.49. The van der Waals surface area contributed by atoms with Gasteiger partial charge in [-0.1, -0.05) is 0 Å². The molecule has 0 spiro atoms. The number of carbonyl (C=O) groups is 1. The molecule has 9 heavy (non-hydrogen) atoms. The largest absolute Gasteiger partial charge is 0.313 e. The smallest absolute Gasteiger partial charge is 0.144 e. The Balaban J connectivity index is 2.67. The predicted octanol–water partition coefficient (Wildman–Crippen LogP) is 0.553. The Morgan fingerprint density at radius 2 is 2.44 bits per heavy atom. The number of carbonyl (C=O) groups excluding carboxylic acids is 1. The Bertz CT molecular complexity index is 201. The van der Waals surface area contributed by atoms with Crippen LogP contribution >= 0.6 is 0 Å². The first kappa shape index (κ1) is 5.75. The van der Waals surface area contributed by atoms with E-state index in [-0.39, 0.29) is 0 Å². The van der Waals surface area contributed by atoms with Gasteiger partial charge >= 0.3 is 0 Å². The van der Waals surface area contributed by atoms with Crippen LogP contribution in [0.5, 0.6) is 0 Å². The van der Waals surface area contributed by atoms with Crippen molar-refractivity contribution in [3.8, 4) is 0 Å². The Hall–Kier alpha value is -1.38. The maximum Gasteiger partial charge on any atom is 0.144 e. The number of nitrogens with zero attached hydrogens (tertiary/aromatic N) is 2. The molecule has 1 rings (SSSR count). The zero-order chi connectivity index (χ0) is 6.53. The summed E-state index contributed by atoms with van der Waals surface area (Å²) in [4.78, 5) is 13.6. The van der Waals surface area contributed by atoms with Crippen molar-refractivity contribution < 1.29 is 4.79 Å². The van der Waals surface area contributed by atoms with E-state index in [1.54, 1.807) is 29.5 Å². The lowest BCUT2D eigenvalue weighted by atomic mass is 10.7. The fraction of sp³-hybridized carbons (Fsp3) is 0. The third-order valence-electron chi connectivity index (χ3n) is 0.862. The minimum absolute atomic E-state index is 0.722. The molecule has 46 valence electrons. The molecule has 0 saturated carbocycles. The van der Waals surface area contributed by atoms with Gasteiger partial charge in [0.15, 0.2) is 0 Å². The maximum absolute atomic E-state index is 9.78. The number of hydrogen-bond donors (Lipinski definition) is 0. The Morgan fingerprint density at radius 3 is 3.00 bits per heavy atom. The highest BCUT2D eigenvalue weighted by atomic mass is 16.1. The standard InChI is InChI=1S/C6H6N2O/c9-5-1-3-8-4-2-7-6-8/h1-6H/b3-1-. The zero-order valence-electron chi connectivity index (χ0n) is 4.77. The average molecular weight is 122 g/mol. The minimum atomic E-state index is 0.722. The van der Waals surface area contributed by atoms with E-state index in [2.05, 4.69) is 4.98 Å². The van der Waals surface area contributed by atoms with E-state index in [0.717, 1.165) is 6.29 Å². The summed E-state index contributed by atoms with van der Waals surface area (Å²) in [5.74, 6) is 0. The van der Waals surface area contributed by atoms with Crippen LogP contribution in [0.3, 0.4) is 0 Å². The van der Waals surface area contributed by atoms with Crippen LogP contribution in [0.25, 0.3) is 6.20 Å². The molecule has 0 aliphatic rings. The van der Waals surface area contributed by atoms with E-state index in [0.29, 0.717) is 0 Å². The van der Waals surface area contributed by atoms with Crippen LogP contribution in [-0.4, -0.2) is 15.8 Å². The number of hydrogen-bond acceptors (Lipinski definition) is 2. The van der Waals surface area contributed by atoms with Gasteiger partial charge in [-0.25, -0.2) is 4.98 Å². The van der Waals surface area contributed by atoms with Gasteiger partial charge in [0, 0.05) is 18.6 Å². The third kappa shape index (κ3) is 1.53. The summed E-state index contributed by atoms with van der Waals surface area (Å²) >= 11 is 0. The van der Waals surface area contributed by atoms with Crippen molar-refractivity contribution in [3.05, 3.63) is 24.8 Å². The highest BCUT2D eigenvalue weighted by molar-refractivity contribution is 5.69. The number of allylic oxidation sites excluding steroid dienone is 1. The molecule has 1 heterocycles. The summed E-state index contributed by atoms with van der Waals surface area (Å²) in [6.07, 6.45) is 8.76. The van der Waals surface area contributed by atoms with Crippen molar-refractivity contribution in [3.63, 3.8) is 0 Å². The number of rotatable bonds is 2. The number of aromatic nitrogens is 2. The van der Waals surface area contributed by atoms with Gasteiger partial charge in [0.1, 0.15) is 6.29 Å². The lowest BCUT2D eigenvalue weighted by molar-refractivity contribution is -0.104. The summed E-state index contributed by atoms with van der Waals surface area (Å²) in [7, 11) is 0. The molecule has 0 N–H and O–H groups in total.